The molecule has 0 saturated heterocycles. The van der Waals surface area contributed by atoms with E-state index in [0.717, 1.165) is 0 Å². The standard InChI is InChI=1S/C16H14O7S/c1-2-10-8-12-13(22-16(21-12)23-15(17)18)9-14(10)24(19,20)11-6-4-3-5-7-11/h3-9,16H,2H2,1H3,(H,17,18). The van der Waals surface area contributed by atoms with Gasteiger partial charge in [-0.05, 0) is 30.2 Å². The van der Waals surface area contributed by atoms with E-state index in [2.05, 4.69) is 4.74 Å². The molecule has 0 fully saturated rings. The van der Waals surface area contributed by atoms with Crippen molar-refractivity contribution < 1.29 is 32.5 Å². The molecule has 1 unspecified atom stereocenters. The van der Waals surface area contributed by atoms with Crippen molar-refractivity contribution in [3.05, 3.63) is 48.0 Å². The first-order valence-electron chi connectivity index (χ1n) is 7.11. The van der Waals surface area contributed by atoms with Crippen molar-refractivity contribution >= 4 is 16.0 Å². The third kappa shape index (κ3) is 2.88. The summed E-state index contributed by atoms with van der Waals surface area (Å²) in [5.41, 5.74) is 0.539. The molecule has 0 bridgehead atoms. The first kappa shape index (κ1) is 16.1. The highest BCUT2D eigenvalue weighted by atomic mass is 32.2. The molecule has 0 aliphatic carbocycles. The Hall–Kier alpha value is -2.74. The summed E-state index contributed by atoms with van der Waals surface area (Å²) in [6, 6.07) is 10.9. The van der Waals surface area contributed by atoms with E-state index in [0.29, 0.717) is 12.0 Å². The minimum atomic E-state index is -3.74. The van der Waals surface area contributed by atoms with Crippen molar-refractivity contribution in [2.24, 2.45) is 0 Å². The SMILES string of the molecule is CCc1cc2c(cc1S(=O)(=O)c1ccccc1)OC(OC(=O)O)O2. The van der Waals surface area contributed by atoms with Crippen LogP contribution in [0.15, 0.2) is 52.3 Å². The second-order valence-corrected chi connectivity index (χ2v) is 6.90. The minimum Gasteiger partial charge on any atom is -0.450 e. The average Bonchev–Trinajstić information content (AvgIpc) is 2.94. The topological polar surface area (TPSA) is 99.1 Å². The molecule has 1 aliphatic heterocycles. The molecule has 0 spiro atoms. The van der Waals surface area contributed by atoms with Crippen LogP contribution in [0.25, 0.3) is 0 Å². The van der Waals surface area contributed by atoms with Crippen molar-refractivity contribution in [2.45, 2.75) is 29.6 Å². The molecular formula is C16H14O7S. The normalized spacial score (nSPS) is 16.0. The van der Waals surface area contributed by atoms with E-state index in [9.17, 15) is 13.2 Å². The fourth-order valence-electron chi connectivity index (χ4n) is 2.38. The highest BCUT2D eigenvalue weighted by Crippen LogP contribution is 2.40. The summed E-state index contributed by atoms with van der Waals surface area (Å²) in [6.07, 6.45) is -1.11. The van der Waals surface area contributed by atoms with Gasteiger partial charge in [0.1, 0.15) is 0 Å². The van der Waals surface area contributed by atoms with E-state index in [1.807, 2.05) is 6.92 Å². The van der Waals surface area contributed by atoms with Gasteiger partial charge in [0.05, 0.1) is 9.79 Å². The Balaban J connectivity index is 2.04. The molecule has 7 nitrogen and oxygen atoms in total. The zero-order valence-electron chi connectivity index (χ0n) is 12.6. The van der Waals surface area contributed by atoms with Gasteiger partial charge in [0, 0.05) is 6.07 Å². The number of rotatable bonds is 4. The molecule has 0 amide bonds. The number of hydrogen-bond donors (Lipinski definition) is 1. The Morgan fingerprint density at radius 3 is 2.38 bits per heavy atom. The molecule has 8 heteroatoms. The molecule has 24 heavy (non-hydrogen) atoms. The fraction of sp³-hybridized carbons (Fsp3) is 0.188. The number of fused-ring (bicyclic) bond motifs is 1. The van der Waals surface area contributed by atoms with Gasteiger partial charge in [-0.25, -0.2) is 13.2 Å². The second kappa shape index (κ2) is 6.04. The van der Waals surface area contributed by atoms with E-state index < -0.39 is 22.5 Å². The number of ether oxygens (including phenoxy) is 3. The van der Waals surface area contributed by atoms with E-state index in [1.165, 1.54) is 24.3 Å². The van der Waals surface area contributed by atoms with Crippen LogP contribution in [0.3, 0.4) is 0 Å². The molecule has 1 heterocycles. The van der Waals surface area contributed by atoms with Gasteiger partial charge in [-0.2, -0.15) is 0 Å². The van der Waals surface area contributed by atoms with Gasteiger partial charge in [0.15, 0.2) is 11.5 Å². The van der Waals surface area contributed by atoms with Crippen molar-refractivity contribution in [1.29, 1.82) is 0 Å². The Morgan fingerprint density at radius 1 is 1.17 bits per heavy atom. The first-order chi connectivity index (χ1) is 11.4. The molecule has 0 radical (unpaired) electrons. The summed E-state index contributed by atoms with van der Waals surface area (Å²) in [5.74, 6) is 0.359. The van der Waals surface area contributed by atoms with Crippen LogP contribution in [0.4, 0.5) is 4.79 Å². The minimum absolute atomic E-state index is 0.0922. The van der Waals surface area contributed by atoms with Crippen LogP contribution in [0, 0.1) is 0 Å². The van der Waals surface area contributed by atoms with Crippen molar-refractivity contribution in [3.8, 4) is 11.5 Å². The van der Waals surface area contributed by atoms with E-state index in [-0.39, 0.29) is 21.3 Å². The van der Waals surface area contributed by atoms with Crippen LogP contribution in [-0.2, 0) is 21.0 Å². The zero-order chi connectivity index (χ0) is 17.3. The van der Waals surface area contributed by atoms with Crippen LogP contribution in [-0.4, -0.2) is 26.2 Å². The van der Waals surface area contributed by atoms with Gasteiger partial charge < -0.3 is 19.3 Å². The number of hydrogen-bond acceptors (Lipinski definition) is 6. The maximum Gasteiger partial charge on any atom is 0.511 e. The third-order valence-electron chi connectivity index (χ3n) is 3.49. The average molecular weight is 350 g/mol. The highest BCUT2D eigenvalue weighted by molar-refractivity contribution is 7.91. The summed E-state index contributed by atoms with van der Waals surface area (Å²) in [5, 5.41) is 8.61. The van der Waals surface area contributed by atoms with Crippen LogP contribution in [0.5, 0.6) is 11.5 Å². The van der Waals surface area contributed by atoms with E-state index in [1.54, 1.807) is 18.2 Å². The molecular weight excluding hydrogens is 336 g/mol. The molecule has 0 aromatic heterocycles. The van der Waals surface area contributed by atoms with Gasteiger partial charge in [-0.3, -0.25) is 0 Å². The van der Waals surface area contributed by atoms with Gasteiger partial charge in [-0.1, -0.05) is 25.1 Å². The number of carbonyl (C=O) groups is 1. The van der Waals surface area contributed by atoms with Crippen molar-refractivity contribution in [1.82, 2.24) is 0 Å². The maximum absolute atomic E-state index is 12.9. The first-order valence-corrected chi connectivity index (χ1v) is 8.60. The second-order valence-electron chi connectivity index (χ2n) is 4.98. The maximum atomic E-state index is 12.9. The predicted octanol–water partition coefficient (Wildman–Crippen LogP) is 2.83. The Labute approximate surface area is 138 Å². The van der Waals surface area contributed by atoms with Gasteiger partial charge in [0.2, 0.25) is 9.84 Å². The summed E-state index contributed by atoms with van der Waals surface area (Å²) >= 11 is 0. The fourth-order valence-corrected chi connectivity index (χ4v) is 3.96. The molecule has 0 saturated carbocycles. The van der Waals surface area contributed by atoms with Crippen LogP contribution < -0.4 is 9.47 Å². The summed E-state index contributed by atoms with van der Waals surface area (Å²) in [6.45, 7) is 0.365. The molecule has 2 aromatic rings. The smallest absolute Gasteiger partial charge is 0.450 e. The van der Waals surface area contributed by atoms with Crippen molar-refractivity contribution in [2.75, 3.05) is 0 Å². The highest BCUT2D eigenvalue weighted by Gasteiger charge is 2.31. The zero-order valence-corrected chi connectivity index (χ0v) is 13.4. The number of carboxylic acid groups (broad SMARTS) is 1. The molecule has 1 atom stereocenters. The molecule has 126 valence electrons. The number of benzene rings is 2. The van der Waals surface area contributed by atoms with Gasteiger partial charge >= 0.3 is 12.6 Å². The summed E-state index contributed by atoms with van der Waals surface area (Å²) < 4.78 is 40.5. The van der Waals surface area contributed by atoms with Crippen LogP contribution in [0.2, 0.25) is 0 Å². The van der Waals surface area contributed by atoms with Crippen molar-refractivity contribution in [3.63, 3.8) is 0 Å². The molecule has 1 aliphatic rings. The number of sulfone groups is 1. The Bertz CT molecular complexity index is 875. The van der Waals surface area contributed by atoms with Crippen LogP contribution in [0.1, 0.15) is 12.5 Å². The lowest BCUT2D eigenvalue weighted by Gasteiger charge is -2.10. The van der Waals surface area contributed by atoms with Gasteiger partial charge in [-0.15, -0.1) is 0 Å². The Kier molecular flexibility index (Phi) is 4.06. The molecule has 2 aromatic carbocycles. The quantitative estimate of drug-likeness (QED) is 0.846. The molecule has 1 N–H and O–H groups in total. The monoisotopic (exact) mass is 350 g/mol. The lowest BCUT2D eigenvalue weighted by Crippen LogP contribution is -2.24. The summed E-state index contributed by atoms with van der Waals surface area (Å²) in [4.78, 5) is 10.8. The third-order valence-corrected chi connectivity index (χ3v) is 5.35. The Morgan fingerprint density at radius 2 is 1.79 bits per heavy atom. The lowest BCUT2D eigenvalue weighted by molar-refractivity contribution is -0.147. The van der Waals surface area contributed by atoms with Gasteiger partial charge in [0.25, 0.3) is 0 Å². The van der Waals surface area contributed by atoms with E-state index >= 15 is 0 Å². The lowest BCUT2D eigenvalue weighted by atomic mass is 10.1. The number of aryl methyl sites for hydroxylation is 1. The van der Waals surface area contributed by atoms with E-state index in [4.69, 9.17) is 14.6 Å². The predicted molar refractivity (Wildman–Crippen MR) is 81.9 cm³/mol. The molecule has 3 rings (SSSR count). The van der Waals surface area contributed by atoms with Crippen LogP contribution >= 0.6 is 0 Å². The summed E-state index contributed by atoms with van der Waals surface area (Å²) in [7, 11) is -3.74. The largest absolute Gasteiger partial charge is 0.511 e.